The van der Waals surface area contributed by atoms with E-state index in [0.717, 1.165) is 0 Å². The molecule has 0 bridgehead atoms. The van der Waals surface area contributed by atoms with Crippen LogP contribution in [-0.2, 0) is 0 Å². The average Bonchev–Trinajstić information content (AvgIpc) is 2.76. The highest BCUT2D eigenvalue weighted by molar-refractivity contribution is 7.13. The Morgan fingerprint density at radius 2 is 2.43 bits per heavy atom. The molecular formula is C8H7N3O2S. The van der Waals surface area contributed by atoms with E-state index < -0.39 is 0 Å². The van der Waals surface area contributed by atoms with Crippen molar-refractivity contribution in [3.63, 3.8) is 0 Å². The van der Waals surface area contributed by atoms with Gasteiger partial charge in [0.2, 0.25) is 5.88 Å². The number of carbonyl (C=O) groups excluding carboxylic acids is 1. The second-order valence-corrected chi connectivity index (χ2v) is 3.29. The second kappa shape index (κ2) is 3.93. The number of amides is 2. The lowest BCUT2D eigenvalue weighted by Crippen LogP contribution is -2.18. The second-order valence-electron chi connectivity index (χ2n) is 2.39. The van der Waals surface area contributed by atoms with Gasteiger partial charge in [-0.25, -0.2) is 9.78 Å². The molecule has 0 fully saturated rings. The van der Waals surface area contributed by atoms with Gasteiger partial charge < -0.3 is 4.42 Å². The number of hydrogen-bond donors (Lipinski definition) is 2. The van der Waals surface area contributed by atoms with E-state index in [1.54, 1.807) is 23.7 Å². The zero-order valence-electron chi connectivity index (χ0n) is 7.06. The van der Waals surface area contributed by atoms with Gasteiger partial charge in [-0.3, -0.25) is 10.6 Å². The SMILES string of the molecule is O=C(Nc1ccco1)Nc1nccs1. The normalized spacial score (nSPS) is 9.71. The molecule has 0 radical (unpaired) electrons. The number of nitrogens with one attached hydrogen (secondary N) is 2. The van der Waals surface area contributed by atoms with E-state index in [1.807, 2.05) is 0 Å². The fourth-order valence-electron chi connectivity index (χ4n) is 0.875. The van der Waals surface area contributed by atoms with Crippen LogP contribution in [0.4, 0.5) is 15.8 Å². The third-order valence-corrected chi connectivity index (χ3v) is 2.10. The first kappa shape index (κ1) is 8.76. The molecule has 14 heavy (non-hydrogen) atoms. The molecule has 2 aromatic heterocycles. The maximum atomic E-state index is 11.3. The van der Waals surface area contributed by atoms with Crippen molar-refractivity contribution in [3.8, 4) is 0 Å². The van der Waals surface area contributed by atoms with Crippen molar-refractivity contribution in [1.29, 1.82) is 0 Å². The van der Waals surface area contributed by atoms with Crippen molar-refractivity contribution in [2.45, 2.75) is 0 Å². The molecule has 0 aliphatic carbocycles. The first-order valence-corrected chi connectivity index (χ1v) is 4.73. The van der Waals surface area contributed by atoms with Crippen molar-refractivity contribution in [2.75, 3.05) is 10.6 Å². The van der Waals surface area contributed by atoms with Gasteiger partial charge in [-0.1, -0.05) is 0 Å². The Labute approximate surface area is 83.8 Å². The summed E-state index contributed by atoms with van der Waals surface area (Å²) in [6, 6.07) is 2.98. The first-order chi connectivity index (χ1) is 6.84. The number of hydrogen-bond acceptors (Lipinski definition) is 4. The van der Waals surface area contributed by atoms with Gasteiger partial charge in [-0.15, -0.1) is 11.3 Å². The van der Waals surface area contributed by atoms with Crippen LogP contribution < -0.4 is 10.6 Å². The summed E-state index contributed by atoms with van der Waals surface area (Å²) in [5.41, 5.74) is 0. The fourth-order valence-corrected chi connectivity index (χ4v) is 1.40. The van der Waals surface area contributed by atoms with Crippen molar-refractivity contribution >= 4 is 28.4 Å². The third kappa shape index (κ3) is 2.11. The number of nitrogens with zero attached hydrogens (tertiary/aromatic N) is 1. The number of carbonyl (C=O) groups is 1. The van der Waals surface area contributed by atoms with Gasteiger partial charge in [0.15, 0.2) is 5.13 Å². The van der Waals surface area contributed by atoms with E-state index in [-0.39, 0.29) is 6.03 Å². The minimum Gasteiger partial charge on any atom is -0.449 e. The number of anilines is 2. The molecule has 2 rings (SSSR count). The molecule has 0 unspecified atom stereocenters. The number of urea groups is 1. The van der Waals surface area contributed by atoms with Crippen LogP contribution in [0.15, 0.2) is 34.4 Å². The molecule has 72 valence electrons. The summed E-state index contributed by atoms with van der Waals surface area (Å²) < 4.78 is 4.93. The lowest BCUT2D eigenvalue weighted by Gasteiger charge is -2.00. The van der Waals surface area contributed by atoms with Gasteiger partial charge in [0.1, 0.15) is 0 Å². The Bertz CT molecular complexity index is 358. The molecule has 0 aliphatic rings. The molecule has 0 saturated carbocycles. The summed E-state index contributed by atoms with van der Waals surface area (Å²) in [6.07, 6.45) is 3.10. The minimum absolute atomic E-state index is 0.366. The minimum atomic E-state index is -0.366. The molecule has 0 saturated heterocycles. The third-order valence-electron chi connectivity index (χ3n) is 1.41. The molecule has 0 aliphatic heterocycles. The van der Waals surface area contributed by atoms with E-state index >= 15 is 0 Å². The lowest BCUT2D eigenvalue weighted by atomic mass is 10.6. The van der Waals surface area contributed by atoms with E-state index in [4.69, 9.17) is 4.42 Å². The lowest BCUT2D eigenvalue weighted by molar-refractivity contribution is 0.261. The van der Waals surface area contributed by atoms with Crippen molar-refractivity contribution < 1.29 is 9.21 Å². The van der Waals surface area contributed by atoms with Gasteiger partial charge in [-0.2, -0.15) is 0 Å². The van der Waals surface area contributed by atoms with Crippen LogP contribution in [0.1, 0.15) is 0 Å². The molecule has 0 atom stereocenters. The zero-order chi connectivity index (χ0) is 9.80. The smallest absolute Gasteiger partial charge is 0.327 e. The summed E-state index contributed by atoms with van der Waals surface area (Å²) in [7, 11) is 0. The molecule has 2 amide bonds. The zero-order valence-corrected chi connectivity index (χ0v) is 7.88. The van der Waals surface area contributed by atoms with Crippen LogP contribution in [0.3, 0.4) is 0 Å². The molecule has 2 N–H and O–H groups in total. The van der Waals surface area contributed by atoms with Crippen molar-refractivity contribution in [3.05, 3.63) is 30.0 Å². The summed E-state index contributed by atoms with van der Waals surface area (Å²) in [5.74, 6) is 0.402. The molecule has 0 aromatic carbocycles. The van der Waals surface area contributed by atoms with Gasteiger partial charge in [0.05, 0.1) is 6.26 Å². The Morgan fingerprint density at radius 1 is 1.50 bits per heavy atom. The number of rotatable bonds is 2. The van der Waals surface area contributed by atoms with Gasteiger partial charge >= 0.3 is 6.03 Å². The molecule has 5 nitrogen and oxygen atoms in total. The van der Waals surface area contributed by atoms with Crippen molar-refractivity contribution in [2.24, 2.45) is 0 Å². The predicted octanol–water partition coefficient (Wildman–Crippen LogP) is 2.38. The molecule has 2 heterocycles. The summed E-state index contributed by atoms with van der Waals surface area (Å²) in [5, 5.41) is 7.40. The molecule has 6 heteroatoms. The van der Waals surface area contributed by atoms with Gasteiger partial charge in [0, 0.05) is 17.6 Å². The average molecular weight is 209 g/mol. The Kier molecular flexibility index (Phi) is 2.46. The van der Waals surface area contributed by atoms with Gasteiger partial charge in [-0.05, 0) is 6.07 Å². The maximum absolute atomic E-state index is 11.3. The Hall–Kier alpha value is -1.82. The number of aromatic nitrogens is 1. The quantitative estimate of drug-likeness (QED) is 0.797. The van der Waals surface area contributed by atoms with Crippen LogP contribution in [0.2, 0.25) is 0 Å². The van der Waals surface area contributed by atoms with Crippen LogP contribution in [0, 0.1) is 0 Å². The molecule has 0 spiro atoms. The van der Waals surface area contributed by atoms with Crippen LogP contribution >= 0.6 is 11.3 Å². The van der Waals surface area contributed by atoms with E-state index in [2.05, 4.69) is 15.6 Å². The molecular weight excluding hydrogens is 202 g/mol. The Morgan fingerprint density at radius 3 is 3.07 bits per heavy atom. The monoisotopic (exact) mass is 209 g/mol. The first-order valence-electron chi connectivity index (χ1n) is 3.85. The standard InChI is InChI=1S/C8H7N3O2S/c12-7(10-6-2-1-4-13-6)11-8-9-3-5-14-8/h1-5H,(H2,9,10,11,12). The van der Waals surface area contributed by atoms with Crippen molar-refractivity contribution in [1.82, 2.24) is 4.98 Å². The van der Waals surface area contributed by atoms with Crippen LogP contribution in [0.25, 0.3) is 0 Å². The Balaban J connectivity index is 1.91. The van der Waals surface area contributed by atoms with Gasteiger partial charge in [0.25, 0.3) is 0 Å². The highest BCUT2D eigenvalue weighted by Gasteiger charge is 2.04. The largest absolute Gasteiger partial charge is 0.449 e. The predicted molar refractivity (Wildman–Crippen MR) is 53.5 cm³/mol. The summed E-state index contributed by atoms with van der Waals surface area (Å²) >= 11 is 1.35. The van der Waals surface area contributed by atoms with E-state index in [1.165, 1.54) is 17.6 Å². The number of furan rings is 1. The van der Waals surface area contributed by atoms with Crippen LogP contribution in [-0.4, -0.2) is 11.0 Å². The summed E-state index contributed by atoms with van der Waals surface area (Å²) in [4.78, 5) is 15.2. The number of thiazole rings is 1. The summed E-state index contributed by atoms with van der Waals surface area (Å²) in [6.45, 7) is 0. The highest BCUT2D eigenvalue weighted by atomic mass is 32.1. The molecule has 2 aromatic rings. The van der Waals surface area contributed by atoms with E-state index in [0.29, 0.717) is 11.0 Å². The highest BCUT2D eigenvalue weighted by Crippen LogP contribution is 2.11. The van der Waals surface area contributed by atoms with E-state index in [9.17, 15) is 4.79 Å². The maximum Gasteiger partial charge on any atom is 0.327 e. The van der Waals surface area contributed by atoms with Crippen LogP contribution in [0.5, 0.6) is 0 Å². The topological polar surface area (TPSA) is 67.2 Å². The fraction of sp³-hybridized carbons (Fsp3) is 0.